The third kappa shape index (κ3) is 4.75. The quantitative estimate of drug-likeness (QED) is 0.546. The molecule has 1 fully saturated rings. The first-order chi connectivity index (χ1) is 15.4. The smallest absolute Gasteiger partial charge is 0.356 e. The number of nitrogens with two attached hydrogens (primary N) is 1. The molecule has 1 aliphatic heterocycles. The molecule has 4 nitrogen and oxygen atoms in total. The number of anilines is 1. The Hall–Kier alpha value is -3.00. The number of alkyl halides is 3. The fourth-order valence-electron chi connectivity index (χ4n) is 4.44. The molecule has 1 aliphatic rings. The fourth-order valence-corrected chi connectivity index (χ4v) is 4.44. The van der Waals surface area contributed by atoms with E-state index in [1.165, 1.54) is 18.5 Å². The van der Waals surface area contributed by atoms with Gasteiger partial charge in [-0.2, -0.15) is 13.2 Å². The molecule has 0 amide bonds. The molecular weight excluding hydrogens is 420 g/mol. The summed E-state index contributed by atoms with van der Waals surface area (Å²) in [6.45, 7) is 1.87. The standard InChI is InChI=1S/C24H24F4N4/c25-20-7-3-17(4-8-20)22-14-30-15-31-23(22)32-11-9-18(10-12-32)21(13-29)16-1-5-19(6-2-16)24(26,27)28/h1-8,14-15,18,21H,9-13,29H2/t21-/m1/s1. The summed E-state index contributed by atoms with van der Waals surface area (Å²) in [5.74, 6) is 0.762. The molecule has 2 N–H and O–H groups in total. The molecular formula is C24H24F4N4. The van der Waals surface area contributed by atoms with Crippen LogP contribution < -0.4 is 10.6 Å². The third-order valence-electron chi connectivity index (χ3n) is 6.17. The van der Waals surface area contributed by atoms with Crippen molar-refractivity contribution >= 4 is 5.82 Å². The van der Waals surface area contributed by atoms with Crippen molar-refractivity contribution in [2.45, 2.75) is 24.9 Å². The maximum Gasteiger partial charge on any atom is 0.416 e. The zero-order valence-corrected chi connectivity index (χ0v) is 17.4. The minimum atomic E-state index is -4.35. The highest BCUT2D eigenvalue weighted by Crippen LogP contribution is 2.37. The maximum absolute atomic E-state index is 13.3. The van der Waals surface area contributed by atoms with E-state index in [9.17, 15) is 17.6 Å². The van der Waals surface area contributed by atoms with Gasteiger partial charge >= 0.3 is 6.18 Å². The minimum absolute atomic E-state index is 0.00130. The Morgan fingerprint density at radius 1 is 1.00 bits per heavy atom. The summed E-state index contributed by atoms with van der Waals surface area (Å²) < 4.78 is 52.0. The van der Waals surface area contributed by atoms with Crippen LogP contribution in [0.3, 0.4) is 0 Å². The molecule has 0 radical (unpaired) electrons. The van der Waals surface area contributed by atoms with Crippen LogP contribution >= 0.6 is 0 Å². The lowest BCUT2D eigenvalue weighted by molar-refractivity contribution is -0.137. The normalized spacial score (nSPS) is 16.2. The molecule has 0 aliphatic carbocycles. The van der Waals surface area contributed by atoms with Gasteiger partial charge in [0, 0.05) is 24.8 Å². The Balaban J connectivity index is 1.48. The third-order valence-corrected chi connectivity index (χ3v) is 6.17. The lowest BCUT2D eigenvalue weighted by atomic mass is 9.80. The van der Waals surface area contributed by atoms with E-state index in [2.05, 4.69) is 14.9 Å². The summed E-state index contributed by atoms with van der Waals surface area (Å²) in [5.41, 5.74) is 7.90. The van der Waals surface area contributed by atoms with E-state index in [4.69, 9.17) is 5.73 Å². The van der Waals surface area contributed by atoms with E-state index in [1.807, 2.05) is 0 Å². The summed E-state index contributed by atoms with van der Waals surface area (Å²) in [7, 11) is 0. The molecule has 1 atom stereocenters. The van der Waals surface area contributed by atoms with Gasteiger partial charge in [0.1, 0.15) is 18.0 Å². The average molecular weight is 444 g/mol. The summed E-state index contributed by atoms with van der Waals surface area (Å²) in [6, 6.07) is 11.6. The zero-order chi connectivity index (χ0) is 22.7. The number of piperidine rings is 1. The van der Waals surface area contributed by atoms with E-state index >= 15 is 0 Å². The number of hydrogen-bond donors (Lipinski definition) is 1. The van der Waals surface area contributed by atoms with Gasteiger partial charge in [0.05, 0.1) is 5.56 Å². The van der Waals surface area contributed by atoms with E-state index < -0.39 is 11.7 Å². The molecule has 0 spiro atoms. The molecule has 32 heavy (non-hydrogen) atoms. The van der Waals surface area contributed by atoms with Gasteiger partial charge in [-0.15, -0.1) is 0 Å². The van der Waals surface area contributed by atoms with Crippen LogP contribution in [-0.2, 0) is 6.18 Å². The van der Waals surface area contributed by atoms with Crippen LogP contribution in [0.2, 0.25) is 0 Å². The predicted octanol–water partition coefficient (Wildman–Crippen LogP) is 5.26. The van der Waals surface area contributed by atoms with Gasteiger partial charge in [0.2, 0.25) is 0 Å². The first kappa shape index (κ1) is 22.2. The van der Waals surface area contributed by atoms with Crippen molar-refractivity contribution in [1.82, 2.24) is 9.97 Å². The average Bonchev–Trinajstić information content (AvgIpc) is 2.80. The molecule has 1 aromatic heterocycles. The molecule has 1 saturated heterocycles. The van der Waals surface area contributed by atoms with Gasteiger partial charge in [0.15, 0.2) is 0 Å². The Kier molecular flexibility index (Phi) is 6.41. The maximum atomic E-state index is 13.3. The number of rotatable bonds is 5. The van der Waals surface area contributed by atoms with Gasteiger partial charge in [-0.05, 0) is 66.6 Å². The Morgan fingerprint density at radius 3 is 2.25 bits per heavy atom. The van der Waals surface area contributed by atoms with E-state index in [0.29, 0.717) is 6.54 Å². The molecule has 4 rings (SSSR count). The van der Waals surface area contributed by atoms with Gasteiger partial charge in [-0.1, -0.05) is 24.3 Å². The molecule has 0 saturated carbocycles. The van der Waals surface area contributed by atoms with E-state index in [1.54, 1.807) is 30.5 Å². The number of benzene rings is 2. The second-order valence-corrected chi connectivity index (χ2v) is 8.05. The van der Waals surface area contributed by atoms with Crippen molar-refractivity contribution in [2.75, 3.05) is 24.5 Å². The molecule has 2 aromatic carbocycles. The van der Waals surface area contributed by atoms with Gasteiger partial charge in [-0.25, -0.2) is 14.4 Å². The molecule has 2 heterocycles. The van der Waals surface area contributed by atoms with Gasteiger partial charge in [-0.3, -0.25) is 0 Å². The van der Waals surface area contributed by atoms with E-state index in [-0.39, 0.29) is 17.7 Å². The first-order valence-electron chi connectivity index (χ1n) is 10.5. The SMILES string of the molecule is NC[C@H](c1ccc(C(F)(F)F)cc1)C1CCN(c2ncncc2-c2ccc(F)cc2)CC1. The highest BCUT2D eigenvalue weighted by molar-refractivity contribution is 5.75. The van der Waals surface area contributed by atoms with Gasteiger partial charge in [0.25, 0.3) is 0 Å². The molecule has 8 heteroatoms. The van der Waals surface area contributed by atoms with Crippen molar-refractivity contribution in [2.24, 2.45) is 11.7 Å². The molecule has 168 valence electrons. The van der Waals surface area contributed by atoms with Crippen molar-refractivity contribution in [3.8, 4) is 11.1 Å². The van der Waals surface area contributed by atoms with Crippen LogP contribution in [0.15, 0.2) is 61.1 Å². The number of hydrogen-bond acceptors (Lipinski definition) is 4. The van der Waals surface area contributed by atoms with Crippen molar-refractivity contribution in [1.29, 1.82) is 0 Å². The number of aromatic nitrogens is 2. The van der Waals surface area contributed by atoms with Crippen molar-refractivity contribution in [3.63, 3.8) is 0 Å². The Morgan fingerprint density at radius 2 is 1.66 bits per heavy atom. The van der Waals surface area contributed by atoms with Crippen LogP contribution in [-0.4, -0.2) is 29.6 Å². The van der Waals surface area contributed by atoms with Crippen LogP contribution in [0.25, 0.3) is 11.1 Å². The fraction of sp³-hybridized carbons (Fsp3) is 0.333. The minimum Gasteiger partial charge on any atom is -0.356 e. The number of nitrogens with zero attached hydrogens (tertiary/aromatic N) is 3. The zero-order valence-electron chi connectivity index (χ0n) is 17.4. The van der Waals surface area contributed by atoms with E-state index in [0.717, 1.165) is 60.6 Å². The highest BCUT2D eigenvalue weighted by Gasteiger charge is 2.32. The molecule has 0 bridgehead atoms. The topological polar surface area (TPSA) is 55.0 Å². The van der Waals surface area contributed by atoms with Crippen LogP contribution in [0.4, 0.5) is 23.4 Å². The van der Waals surface area contributed by atoms with Crippen LogP contribution in [0.1, 0.15) is 29.9 Å². The monoisotopic (exact) mass is 444 g/mol. The second kappa shape index (κ2) is 9.24. The number of halogens is 4. The largest absolute Gasteiger partial charge is 0.416 e. The molecule has 0 unspecified atom stereocenters. The Labute approximate surface area is 184 Å². The summed E-state index contributed by atoms with van der Waals surface area (Å²) in [6.07, 6.45) is 0.569. The summed E-state index contributed by atoms with van der Waals surface area (Å²) >= 11 is 0. The predicted molar refractivity (Wildman–Crippen MR) is 116 cm³/mol. The van der Waals surface area contributed by atoms with Gasteiger partial charge < -0.3 is 10.6 Å². The van der Waals surface area contributed by atoms with Crippen molar-refractivity contribution < 1.29 is 17.6 Å². The van der Waals surface area contributed by atoms with Crippen LogP contribution in [0, 0.1) is 11.7 Å². The summed E-state index contributed by atoms with van der Waals surface area (Å²) in [4.78, 5) is 10.8. The van der Waals surface area contributed by atoms with Crippen molar-refractivity contribution in [3.05, 3.63) is 78.0 Å². The lowest BCUT2D eigenvalue weighted by Crippen LogP contribution is -2.38. The summed E-state index contributed by atoms with van der Waals surface area (Å²) in [5, 5.41) is 0. The Bertz CT molecular complexity index is 1030. The highest BCUT2D eigenvalue weighted by atomic mass is 19.4. The lowest BCUT2D eigenvalue weighted by Gasteiger charge is -2.37. The van der Waals surface area contributed by atoms with Crippen LogP contribution in [0.5, 0.6) is 0 Å². The second-order valence-electron chi connectivity index (χ2n) is 8.05. The molecule has 3 aromatic rings. The first-order valence-corrected chi connectivity index (χ1v) is 10.5.